The van der Waals surface area contributed by atoms with Gasteiger partial charge in [-0.2, -0.15) is 0 Å². The smallest absolute Gasteiger partial charge is 0.323 e. The van der Waals surface area contributed by atoms with Gasteiger partial charge in [0.05, 0.1) is 48.8 Å². The number of aromatic hydroxyl groups is 1. The van der Waals surface area contributed by atoms with Crippen LogP contribution in [0.25, 0.3) is 44.8 Å². The lowest BCUT2D eigenvalue weighted by Gasteiger charge is -2.27. The summed E-state index contributed by atoms with van der Waals surface area (Å²) in [6.45, 7) is 7.88. The van der Waals surface area contributed by atoms with Crippen molar-refractivity contribution in [3.05, 3.63) is 114 Å². The van der Waals surface area contributed by atoms with E-state index >= 15 is 0 Å². The van der Waals surface area contributed by atoms with Crippen molar-refractivity contribution in [2.24, 2.45) is 0 Å². The average Bonchev–Trinajstić information content (AvgIpc) is 4.02. The lowest BCUT2D eigenvalue weighted by Crippen LogP contribution is -2.37. The summed E-state index contributed by atoms with van der Waals surface area (Å²) in [6.07, 6.45) is 11.1. The molecule has 6 aromatic heterocycles. The molecule has 316 valence electrons. The Hall–Kier alpha value is -7.64. The fourth-order valence-electron chi connectivity index (χ4n) is 7.54. The molecule has 2 amide bonds. The number of carbonyl (C=O) groups excluding carboxylic acids is 2. The van der Waals surface area contributed by atoms with Gasteiger partial charge < -0.3 is 45.0 Å². The van der Waals surface area contributed by atoms with E-state index < -0.39 is 0 Å². The molecular weight excluding hydrogens is 795 g/mol. The molecule has 5 N–H and O–H groups in total. The molecule has 2 aliphatic rings. The Balaban J connectivity index is 0.000000161. The summed E-state index contributed by atoms with van der Waals surface area (Å²) in [5, 5.41) is 15.5. The molecule has 0 bridgehead atoms. The van der Waals surface area contributed by atoms with Crippen LogP contribution < -0.4 is 26.1 Å². The molecule has 0 radical (unpaired) electrons. The first-order valence-corrected chi connectivity index (χ1v) is 20.3. The van der Waals surface area contributed by atoms with Crippen LogP contribution in [0.2, 0.25) is 0 Å². The van der Waals surface area contributed by atoms with E-state index in [9.17, 15) is 19.5 Å². The first kappa shape index (κ1) is 39.8. The van der Waals surface area contributed by atoms with Crippen LogP contribution in [0.15, 0.2) is 96.6 Å². The van der Waals surface area contributed by atoms with Gasteiger partial charge in [0.25, 0.3) is 11.8 Å². The Bertz CT molecular complexity index is 2930. The van der Waals surface area contributed by atoms with E-state index in [1.54, 1.807) is 73.4 Å². The summed E-state index contributed by atoms with van der Waals surface area (Å²) >= 11 is 0. The fourth-order valence-corrected chi connectivity index (χ4v) is 7.54. The van der Waals surface area contributed by atoms with Crippen molar-refractivity contribution in [2.75, 3.05) is 74.3 Å². The van der Waals surface area contributed by atoms with Crippen molar-refractivity contribution in [3.8, 4) is 28.3 Å². The second kappa shape index (κ2) is 17.5. The Morgan fingerprint density at radius 1 is 0.710 bits per heavy atom. The second-order valence-corrected chi connectivity index (χ2v) is 14.5. The van der Waals surface area contributed by atoms with Crippen LogP contribution in [0.4, 0.5) is 17.3 Å². The Morgan fingerprint density at radius 2 is 1.26 bits per heavy atom. The van der Waals surface area contributed by atoms with Crippen molar-refractivity contribution in [1.29, 1.82) is 0 Å². The summed E-state index contributed by atoms with van der Waals surface area (Å²) in [5.41, 5.74) is 6.25. The molecule has 62 heavy (non-hydrogen) atoms. The summed E-state index contributed by atoms with van der Waals surface area (Å²) in [6, 6.07) is 15.7. The number of aromatic nitrogens is 9. The zero-order valence-electron chi connectivity index (χ0n) is 33.7. The van der Waals surface area contributed by atoms with Crippen LogP contribution in [0.1, 0.15) is 34.3 Å². The fraction of sp³-hybridized carbons (Fsp3) is 0.256. The van der Waals surface area contributed by atoms with Gasteiger partial charge in [-0.25, -0.2) is 24.7 Å². The predicted octanol–water partition coefficient (Wildman–Crippen LogP) is 4.13. The van der Waals surface area contributed by atoms with Crippen LogP contribution >= 0.6 is 0 Å². The first-order chi connectivity index (χ1) is 30.4. The van der Waals surface area contributed by atoms with Crippen molar-refractivity contribution in [3.63, 3.8) is 0 Å². The van der Waals surface area contributed by atoms with Gasteiger partial charge >= 0.3 is 5.69 Å². The van der Waals surface area contributed by atoms with Gasteiger partial charge in [-0.05, 0) is 55.0 Å². The number of morpholine rings is 2. The molecule has 0 saturated carbocycles. The minimum absolute atomic E-state index is 0.172. The highest BCUT2D eigenvalue weighted by Crippen LogP contribution is 2.32. The topological polar surface area (TPSA) is 225 Å². The second-order valence-electron chi connectivity index (χ2n) is 14.5. The molecule has 2 saturated heterocycles. The van der Waals surface area contributed by atoms with Gasteiger partial charge in [-0.3, -0.25) is 23.4 Å². The van der Waals surface area contributed by atoms with Crippen LogP contribution in [-0.2, 0) is 9.47 Å². The third-order valence-electron chi connectivity index (χ3n) is 10.5. The lowest BCUT2D eigenvalue weighted by molar-refractivity contribution is 0.0949. The summed E-state index contributed by atoms with van der Waals surface area (Å²) in [7, 11) is 0. The van der Waals surface area contributed by atoms with E-state index in [1.165, 1.54) is 0 Å². The maximum Gasteiger partial charge on any atom is 0.323 e. The number of amides is 2. The van der Waals surface area contributed by atoms with Gasteiger partial charge in [0.2, 0.25) is 0 Å². The van der Waals surface area contributed by atoms with Crippen LogP contribution in [0.5, 0.6) is 5.75 Å². The zero-order chi connectivity index (χ0) is 42.6. The van der Waals surface area contributed by atoms with Crippen molar-refractivity contribution in [2.45, 2.75) is 13.3 Å². The van der Waals surface area contributed by atoms with Crippen molar-refractivity contribution in [1.82, 2.24) is 49.0 Å². The summed E-state index contributed by atoms with van der Waals surface area (Å²) in [5.74, 6) is 1.01. The third-order valence-corrected chi connectivity index (χ3v) is 10.5. The molecule has 8 heterocycles. The number of H-pyrrole nitrogens is 2. The van der Waals surface area contributed by atoms with E-state index in [-0.39, 0.29) is 28.9 Å². The highest BCUT2D eigenvalue weighted by Gasteiger charge is 2.27. The zero-order valence-corrected chi connectivity index (χ0v) is 33.7. The Morgan fingerprint density at radius 3 is 1.85 bits per heavy atom. The third kappa shape index (κ3) is 8.00. The van der Waals surface area contributed by atoms with Gasteiger partial charge in [0, 0.05) is 86.7 Å². The standard InChI is InChI=1S/C23H20N8O3.C20H23N5O3/c32-22(26-15-3-5-24-6-4-15)18-19(14-1-2-16-17(13-14)28-23(33)27-16)31-8-7-25-20(21(31)29-18)30-9-11-34-12-10-30;1-2-7-22-20(27)16-17(14-3-5-15(26)6-4-14)25-9-8-21-18(19(25)23-16)24-10-12-28-13-11-24/h1-8,13H,9-12H2,(H,24,26,32)(H2,27,28,33);3-6,8-9,26H,2,7,10-13H2,1H3,(H,22,27). The predicted molar refractivity (Wildman–Crippen MR) is 232 cm³/mol. The number of phenolic OH excluding ortho intramolecular Hbond substituents is 1. The molecule has 0 aliphatic carbocycles. The van der Waals surface area contributed by atoms with Crippen molar-refractivity contribution < 1.29 is 24.2 Å². The quantitative estimate of drug-likeness (QED) is 0.138. The number of fused-ring (bicyclic) bond motifs is 3. The van der Waals surface area contributed by atoms with Crippen LogP contribution in [0.3, 0.4) is 0 Å². The van der Waals surface area contributed by atoms with E-state index in [1.807, 2.05) is 34.1 Å². The van der Waals surface area contributed by atoms with E-state index in [0.29, 0.717) is 97.0 Å². The maximum atomic E-state index is 13.4. The molecule has 2 fully saturated rings. The van der Waals surface area contributed by atoms with Gasteiger partial charge in [-0.15, -0.1) is 0 Å². The number of imidazole rings is 3. The molecule has 0 spiro atoms. The van der Waals surface area contributed by atoms with Gasteiger partial charge in [0.1, 0.15) is 5.75 Å². The Kier molecular flexibility index (Phi) is 11.3. The molecule has 10 rings (SSSR count). The lowest BCUT2D eigenvalue weighted by atomic mass is 10.1. The van der Waals surface area contributed by atoms with Crippen LogP contribution in [-0.4, -0.2) is 120 Å². The number of hydrogen-bond acceptors (Lipinski definition) is 13. The maximum absolute atomic E-state index is 13.4. The molecule has 2 aromatic carbocycles. The summed E-state index contributed by atoms with van der Waals surface area (Å²) < 4.78 is 14.7. The molecule has 0 unspecified atom stereocenters. The van der Waals surface area contributed by atoms with Gasteiger partial charge in [0.15, 0.2) is 34.3 Å². The number of anilines is 3. The van der Waals surface area contributed by atoms with Gasteiger partial charge in [-0.1, -0.05) is 13.0 Å². The molecule has 8 aromatic rings. The van der Waals surface area contributed by atoms with Crippen molar-refractivity contribution >= 4 is 51.5 Å². The summed E-state index contributed by atoms with van der Waals surface area (Å²) in [4.78, 5) is 70.3. The molecule has 19 heteroatoms. The number of hydrogen-bond donors (Lipinski definition) is 5. The number of rotatable bonds is 9. The normalized spacial score (nSPS) is 14.2. The number of phenols is 1. The number of pyridine rings is 1. The van der Waals surface area contributed by atoms with E-state index in [0.717, 1.165) is 36.5 Å². The molecule has 2 aliphatic heterocycles. The number of aromatic amines is 2. The Labute approximate surface area is 353 Å². The van der Waals surface area contributed by atoms with Crippen LogP contribution in [0, 0.1) is 0 Å². The first-order valence-electron chi connectivity index (χ1n) is 20.3. The average molecular weight is 838 g/mol. The largest absolute Gasteiger partial charge is 0.508 e. The van der Waals surface area contributed by atoms with E-state index in [4.69, 9.17) is 14.5 Å². The monoisotopic (exact) mass is 837 g/mol. The minimum atomic E-state index is -0.361. The number of benzene rings is 2. The number of ether oxygens (including phenoxy) is 2. The van der Waals surface area contributed by atoms with E-state index in [2.05, 4.69) is 50.3 Å². The SMILES string of the molecule is CCCNC(=O)c1nc2c(N3CCOCC3)nccn2c1-c1ccc(O)cc1.O=C(Nc1ccncc1)c1nc2c(N3CCOCC3)nccn2c1-c1ccc2[nH]c(=O)[nH]c2c1. The number of carbonyl (C=O) groups is 2. The molecule has 0 atom stereocenters. The molecular formula is C43H43N13O6. The highest BCUT2D eigenvalue weighted by molar-refractivity contribution is 6.08. The number of nitrogens with one attached hydrogen (secondary N) is 4. The number of nitrogens with zero attached hydrogens (tertiary/aromatic N) is 9. The minimum Gasteiger partial charge on any atom is -0.508 e. The highest BCUT2D eigenvalue weighted by atomic mass is 16.5. The molecule has 19 nitrogen and oxygen atoms in total.